The second kappa shape index (κ2) is 5.73. The second-order valence-electron chi connectivity index (χ2n) is 5.04. The lowest BCUT2D eigenvalue weighted by molar-refractivity contribution is 0.0962. The van der Waals surface area contributed by atoms with Crippen LogP contribution in [0.2, 0.25) is 0 Å². The Kier molecular flexibility index (Phi) is 3.77. The number of aromatic nitrogens is 1. The molecule has 4 nitrogen and oxygen atoms in total. The SMILES string of the molecule is Cc1cc(C)c2nc(NNC(=O)c3cccc(F)c3)sc2c1. The molecule has 0 saturated heterocycles. The van der Waals surface area contributed by atoms with E-state index in [9.17, 15) is 9.18 Å². The van der Waals surface area contributed by atoms with Crippen molar-refractivity contribution in [2.75, 3.05) is 5.43 Å². The molecule has 0 aliphatic heterocycles. The number of carbonyl (C=O) groups excluding carboxylic acids is 1. The number of nitrogens with one attached hydrogen (secondary N) is 2. The quantitative estimate of drug-likeness (QED) is 0.723. The van der Waals surface area contributed by atoms with Gasteiger partial charge >= 0.3 is 0 Å². The van der Waals surface area contributed by atoms with Crippen molar-refractivity contribution in [3.8, 4) is 0 Å². The molecule has 1 heterocycles. The van der Waals surface area contributed by atoms with Crippen molar-refractivity contribution in [2.24, 2.45) is 0 Å². The normalized spacial score (nSPS) is 10.7. The largest absolute Gasteiger partial charge is 0.273 e. The Bertz CT molecular complexity index is 860. The van der Waals surface area contributed by atoms with Gasteiger partial charge in [0.05, 0.1) is 10.2 Å². The minimum absolute atomic E-state index is 0.251. The Labute approximate surface area is 131 Å². The Balaban J connectivity index is 1.76. The number of hydrazine groups is 1. The Morgan fingerprint density at radius 2 is 2.05 bits per heavy atom. The summed E-state index contributed by atoms with van der Waals surface area (Å²) in [5.41, 5.74) is 8.74. The predicted octanol–water partition coefficient (Wildman–Crippen LogP) is 3.81. The predicted molar refractivity (Wildman–Crippen MR) is 86.6 cm³/mol. The van der Waals surface area contributed by atoms with Crippen LogP contribution in [0, 0.1) is 19.7 Å². The number of thiazole rings is 1. The van der Waals surface area contributed by atoms with Crippen LogP contribution >= 0.6 is 11.3 Å². The first-order valence-corrected chi connectivity index (χ1v) is 7.54. The van der Waals surface area contributed by atoms with Gasteiger partial charge in [0.1, 0.15) is 5.82 Å². The molecule has 0 unspecified atom stereocenters. The zero-order chi connectivity index (χ0) is 15.7. The Morgan fingerprint density at radius 3 is 2.82 bits per heavy atom. The summed E-state index contributed by atoms with van der Waals surface area (Å²) in [5.74, 6) is -0.856. The molecule has 3 aromatic rings. The molecule has 3 rings (SSSR count). The zero-order valence-electron chi connectivity index (χ0n) is 12.1. The monoisotopic (exact) mass is 315 g/mol. The lowest BCUT2D eigenvalue weighted by Crippen LogP contribution is -2.29. The fourth-order valence-corrected chi connectivity index (χ4v) is 3.23. The fourth-order valence-electron chi connectivity index (χ4n) is 2.24. The summed E-state index contributed by atoms with van der Waals surface area (Å²) in [6.07, 6.45) is 0. The number of hydrogen-bond acceptors (Lipinski definition) is 4. The van der Waals surface area contributed by atoms with Gasteiger partial charge in [-0.1, -0.05) is 23.5 Å². The maximum atomic E-state index is 13.1. The number of hydrogen-bond donors (Lipinski definition) is 2. The number of halogens is 1. The molecular formula is C16H14FN3OS. The molecule has 1 aromatic heterocycles. The van der Waals surface area contributed by atoms with E-state index in [0.717, 1.165) is 15.8 Å². The number of carbonyl (C=O) groups is 1. The molecule has 0 atom stereocenters. The Hall–Kier alpha value is -2.47. The highest BCUT2D eigenvalue weighted by atomic mass is 32.1. The van der Waals surface area contributed by atoms with Gasteiger partial charge in [0.15, 0.2) is 0 Å². The average molecular weight is 315 g/mol. The molecule has 6 heteroatoms. The van der Waals surface area contributed by atoms with Crippen LogP contribution in [0.5, 0.6) is 0 Å². The molecule has 112 valence electrons. The van der Waals surface area contributed by atoms with Crippen LogP contribution in [0.1, 0.15) is 21.5 Å². The van der Waals surface area contributed by atoms with Crippen LogP contribution in [0.3, 0.4) is 0 Å². The number of rotatable bonds is 3. The smallest absolute Gasteiger partial charge is 0.269 e. The fraction of sp³-hybridized carbons (Fsp3) is 0.125. The topological polar surface area (TPSA) is 54.0 Å². The van der Waals surface area contributed by atoms with E-state index in [1.54, 1.807) is 6.07 Å². The molecule has 0 saturated carbocycles. The molecule has 1 amide bonds. The first kappa shape index (κ1) is 14.5. The summed E-state index contributed by atoms with van der Waals surface area (Å²) in [6, 6.07) is 9.64. The van der Waals surface area contributed by atoms with Crippen LogP contribution in [0.4, 0.5) is 9.52 Å². The van der Waals surface area contributed by atoms with Crippen molar-refractivity contribution >= 4 is 32.6 Å². The summed E-state index contributed by atoms with van der Waals surface area (Å²) in [4.78, 5) is 16.4. The maximum Gasteiger partial charge on any atom is 0.269 e. The van der Waals surface area contributed by atoms with Gasteiger partial charge in [-0.3, -0.25) is 15.6 Å². The number of benzene rings is 2. The van der Waals surface area contributed by atoms with Crippen molar-refractivity contribution in [2.45, 2.75) is 13.8 Å². The molecule has 2 aromatic carbocycles. The van der Waals surface area contributed by atoms with Gasteiger partial charge in [-0.2, -0.15) is 0 Å². The number of aryl methyl sites for hydroxylation is 2. The molecule has 2 N–H and O–H groups in total. The summed E-state index contributed by atoms with van der Waals surface area (Å²) in [5, 5.41) is 0.591. The summed E-state index contributed by atoms with van der Waals surface area (Å²) >= 11 is 1.45. The van der Waals surface area contributed by atoms with Crippen LogP contribution in [0.15, 0.2) is 36.4 Å². The minimum atomic E-state index is -0.446. The average Bonchev–Trinajstić information content (AvgIpc) is 2.88. The molecule has 0 fully saturated rings. The van der Waals surface area contributed by atoms with Crippen molar-refractivity contribution < 1.29 is 9.18 Å². The van der Waals surface area contributed by atoms with E-state index in [1.165, 1.54) is 35.1 Å². The minimum Gasteiger partial charge on any atom is -0.273 e. The first-order chi connectivity index (χ1) is 10.5. The van der Waals surface area contributed by atoms with Gasteiger partial charge in [-0.15, -0.1) is 0 Å². The molecule has 22 heavy (non-hydrogen) atoms. The maximum absolute atomic E-state index is 13.1. The van der Waals surface area contributed by atoms with Gasteiger partial charge in [0, 0.05) is 5.56 Å². The zero-order valence-corrected chi connectivity index (χ0v) is 12.9. The van der Waals surface area contributed by atoms with E-state index < -0.39 is 11.7 Å². The third-order valence-corrected chi connectivity index (χ3v) is 4.12. The summed E-state index contributed by atoms with van der Waals surface area (Å²) < 4.78 is 14.2. The standard InChI is InChI=1S/C16H14FN3OS/c1-9-6-10(2)14-13(7-9)22-16(18-14)20-19-15(21)11-4-3-5-12(17)8-11/h3-8H,1-2H3,(H,18,20)(H,19,21). The third-order valence-electron chi connectivity index (χ3n) is 3.20. The highest BCUT2D eigenvalue weighted by Crippen LogP contribution is 2.28. The van der Waals surface area contributed by atoms with Crippen molar-refractivity contribution in [1.29, 1.82) is 0 Å². The first-order valence-electron chi connectivity index (χ1n) is 6.72. The van der Waals surface area contributed by atoms with Crippen LogP contribution < -0.4 is 10.9 Å². The van der Waals surface area contributed by atoms with Crippen molar-refractivity contribution in [3.63, 3.8) is 0 Å². The van der Waals surface area contributed by atoms with Crippen molar-refractivity contribution in [1.82, 2.24) is 10.4 Å². The second-order valence-corrected chi connectivity index (χ2v) is 6.07. The molecule has 0 radical (unpaired) electrons. The van der Waals surface area contributed by atoms with E-state index in [4.69, 9.17) is 0 Å². The van der Waals surface area contributed by atoms with E-state index in [0.29, 0.717) is 5.13 Å². The molecular weight excluding hydrogens is 301 g/mol. The summed E-state index contributed by atoms with van der Waals surface area (Å²) in [7, 11) is 0. The van der Waals surface area contributed by atoms with Crippen molar-refractivity contribution in [3.05, 3.63) is 58.9 Å². The summed E-state index contributed by atoms with van der Waals surface area (Å²) in [6.45, 7) is 4.04. The van der Waals surface area contributed by atoms with E-state index in [1.807, 2.05) is 13.8 Å². The van der Waals surface area contributed by atoms with Gasteiger partial charge < -0.3 is 0 Å². The highest BCUT2D eigenvalue weighted by Gasteiger charge is 2.09. The van der Waals surface area contributed by atoms with E-state index in [2.05, 4.69) is 28.0 Å². The Morgan fingerprint density at radius 1 is 1.23 bits per heavy atom. The number of anilines is 1. The molecule has 0 aliphatic carbocycles. The molecule has 0 aliphatic rings. The van der Waals surface area contributed by atoms with Gasteiger partial charge in [-0.25, -0.2) is 9.37 Å². The van der Waals surface area contributed by atoms with E-state index >= 15 is 0 Å². The molecule has 0 bridgehead atoms. The highest BCUT2D eigenvalue weighted by molar-refractivity contribution is 7.22. The van der Waals surface area contributed by atoms with E-state index in [-0.39, 0.29) is 5.56 Å². The number of fused-ring (bicyclic) bond motifs is 1. The van der Waals surface area contributed by atoms with Crippen LogP contribution in [-0.4, -0.2) is 10.9 Å². The number of amides is 1. The lowest BCUT2D eigenvalue weighted by atomic mass is 10.1. The third kappa shape index (κ3) is 2.92. The van der Waals surface area contributed by atoms with Gasteiger partial charge in [0.25, 0.3) is 5.91 Å². The number of nitrogens with zero attached hydrogens (tertiary/aromatic N) is 1. The van der Waals surface area contributed by atoms with Gasteiger partial charge in [-0.05, 0) is 49.2 Å². The van der Waals surface area contributed by atoms with Crippen LogP contribution in [0.25, 0.3) is 10.2 Å². The molecule has 0 spiro atoms. The van der Waals surface area contributed by atoms with Gasteiger partial charge in [0.2, 0.25) is 5.13 Å². The lowest BCUT2D eigenvalue weighted by Gasteiger charge is -2.05. The van der Waals surface area contributed by atoms with Crippen LogP contribution in [-0.2, 0) is 0 Å².